The molecule has 1 heterocycles. The molecule has 6 nitrogen and oxygen atoms in total. The summed E-state index contributed by atoms with van der Waals surface area (Å²) in [6.45, 7) is 6.50. The zero-order valence-corrected chi connectivity index (χ0v) is 17.7. The molecule has 30 heavy (non-hydrogen) atoms. The number of ether oxygens (including phenoxy) is 2. The van der Waals surface area contributed by atoms with Gasteiger partial charge in [-0.25, -0.2) is 4.79 Å². The minimum absolute atomic E-state index is 0.226. The second-order valence-electron chi connectivity index (χ2n) is 8.83. The van der Waals surface area contributed by atoms with Crippen LogP contribution < -0.4 is 5.32 Å². The molecule has 0 saturated carbocycles. The Kier molecular flexibility index (Phi) is 5.97. The van der Waals surface area contributed by atoms with Crippen LogP contribution in [0.2, 0.25) is 0 Å². The van der Waals surface area contributed by atoms with Gasteiger partial charge in [0.2, 0.25) is 5.91 Å². The number of hydrogen-bond acceptors (Lipinski definition) is 5. The first kappa shape index (κ1) is 21.6. The highest BCUT2D eigenvalue weighted by Gasteiger charge is 2.51. The smallest absolute Gasteiger partial charge is 0.428 e. The molecule has 2 aromatic rings. The Morgan fingerprint density at radius 1 is 1.03 bits per heavy atom. The minimum Gasteiger partial charge on any atom is -0.428 e. The summed E-state index contributed by atoms with van der Waals surface area (Å²) in [4.78, 5) is 36.8. The summed E-state index contributed by atoms with van der Waals surface area (Å²) in [5, 5.41) is 2.85. The number of amides is 1. The molecule has 2 atom stereocenters. The molecular formula is C24H27NO5. The molecule has 6 heteroatoms. The Morgan fingerprint density at radius 2 is 1.63 bits per heavy atom. The highest BCUT2D eigenvalue weighted by atomic mass is 16.7. The minimum atomic E-state index is -1.43. The predicted octanol–water partition coefficient (Wildman–Crippen LogP) is 4.27. The van der Waals surface area contributed by atoms with Gasteiger partial charge in [-0.3, -0.25) is 9.59 Å². The van der Waals surface area contributed by atoms with Gasteiger partial charge in [-0.1, -0.05) is 54.6 Å². The molecule has 2 aromatic carbocycles. The van der Waals surface area contributed by atoms with Gasteiger partial charge >= 0.3 is 12.1 Å². The molecule has 1 saturated heterocycles. The van der Waals surface area contributed by atoms with E-state index >= 15 is 0 Å². The van der Waals surface area contributed by atoms with Crippen LogP contribution in [0.5, 0.6) is 0 Å². The third kappa shape index (κ3) is 5.06. The van der Waals surface area contributed by atoms with E-state index in [4.69, 9.17) is 9.47 Å². The molecule has 158 valence electrons. The summed E-state index contributed by atoms with van der Waals surface area (Å²) >= 11 is 0. The van der Waals surface area contributed by atoms with Crippen LogP contribution in [0.1, 0.15) is 39.7 Å². The fraction of sp³-hybridized carbons (Fsp3) is 0.375. The monoisotopic (exact) mass is 409 g/mol. The average molecular weight is 409 g/mol. The molecule has 1 amide bonds. The van der Waals surface area contributed by atoms with Gasteiger partial charge in [-0.15, -0.1) is 0 Å². The summed E-state index contributed by atoms with van der Waals surface area (Å²) in [5.41, 5.74) is 1.08. The van der Waals surface area contributed by atoms with Gasteiger partial charge in [-0.05, 0) is 57.2 Å². The van der Waals surface area contributed by atoms with E-state index in [0.717, 1.165) is 16.7 Å². The topological polar surface area (TPSA) is 81.7 Å². The Labute approximate surface area is 176 Å². The van der Waals surface area contributed by atoms with E-state index in [1.54, 1.807) is 20.8 Å². The van der Waals surface area contributed by atoms with Crippen molar-refractivity contribution in [2.45, 2.75) is 52.2 Å². The average Bonchev–Trinajstić information content (AvgIpc) is 2.96. The standard InChI is InChI=1S/C24H27NO5/c1-23(2,3)30-22(28)29-21(27)24(4)15-19(25-20(24)26)14-16-10-12-18(13-11-16)17-8-6-5-7-9-17/h5-13,19H,14-15H2,1-4H3,(H,25,26). The maximum Gasteiger partial charge on any atom is 0.516 e. The zero-order chi connectivity index (χ0) is 21.9. The number of carbonyl (C=O) groups is 3. The second-order valence-corrected chi connectivity index (χ2v) is 8.83. The summed E-state index contributed by atoms with van der Waals surface area (Å²) in [5.74, 6) is -1.34. The van der Waals surface area contributed by atoms with Crippen LogP contribution in [0.3, 0.4) is 0 Å². The maximum atomic E-state index is 12.5. The van der Waals surface area contributed by atoms with E-state index in [0.29, 0.717) is 6.42 Å². The quantitative estimate of drug-likeness (QED) is 0.602. The Hall–Kier alpha value is -3.15. The van der Waals surface area contributed by atoms with E-state index in [1.165, 1.54) is 6.92 Å². The summed E-state index contributed by atoms with van der Waals surface area (Å²) < 4.78 is 9.79. The van der Waals surface area contributed by atoms with E-state index in [9.17, 15) is 14.4 Å². The highest BCUT2D eigenvalue weighted by molar-refractivity contribution is 6.06. The van der Waals surface area contributed by atoms with Gasteiger partial charge in [0.15, 0.2) is 0 Å². The van der Waals surface area contributed by atoms with Crippen molar-refractivity contribution in [3.8, 4) is 11.1 Å². The molecule has 1 N–H and O–H groups in total. The van der Waals surface area contributed by atoms with Crippen LogP contribution in [-0.2, 0) is 25.5 Å². The van der Waals surface area contributed by atoms with Crippen LogP contribution in [0.4, 0.5) is 4.79 Å². The Bertz CT molecular complexity index is 930. The third-order valence-corrected chi connectivity index (χ3v) is 5.05. The lowest BCUT2D eigenvalue weighted by Crippen LogP contribution is -2.39. The summed E-state index contributed by atoms with van der Waals surface area (Å²) in [6, 6.07) is 18.0. The largest absolute Gasteiger partial charge is 0.516 e. The SMILES string of the molecule is CC(C)(C)OC(=O)OC(=O)C1(C)CC(Cc2ccc(-c3ccccc3)cc2)NC1=O. The molecule has 0 aliphatic carbocycles. The number of benzene rings is 2. The van der Waals surface area contributed by atoms with Gasteiger partial charge in [0.1, 0.15) is 11.0 Å². The molecule has 1 fully saturated rings. The highest BCUT2D eigenvalue weighted by Crippen LogP contribution is 2.33. The van der Waals surface area contributed by atoms with E-state index in [1.807, 2.05) is 54.6 Å². The van der Waals surface area contributed by atoms with Crippen molar-refractivity contribution in [3.05, 3.63) is 60.2 Å². The van der Waals surface area contributed by atoms with Crippen molar-refractivity contribution < 1.29 is 23.9 Å². The molecule has 0 spiro atoms. The van der Waals surface area contributed by atoms with Crippen molar-refractivity contribution in [1.29, 1.82) is 0 Å². The molecule has 0 bridgehead atoms. The Morgan fingerprint density at radius 3 is 2.23 bits per heavy atom. The summed E-state index contributed by atoms with van der Waals surface area (Å²) in [7, 11) is 0. The van der Waals surface area contributed by atoms with Gasteiger partial charge in [0, 0.05) is 6.04 Å². The first-order chi connectivity index (χ1) is 14.1. The molecule has 0 radical (unpaired) electrons. The first-order valence-corrected chi connectivity index (χ1v) is 9.97. The molecular weight excluding hydrogens is 382 g/mol. The van der Waals surface area contributed by atoms with Crippen LogP contribution in [-0.4, -0.2) is 29.7 Å². The van der Waals surface area contributed by atoms with Crippen LogP contribution in [0, 0.1) is 5.41 Å². The first-order valence-electron chi connectivity index (χ1n) is 9.97. The summed E-state index contributed by atoms with van der Waals surface area (Å²) in [6.07, 6.45) is -0.272. The van der Waals surface area contributed by atoms with Crippen LogP contribution in [0.15, 0.2) is 54.6 Å². The van der Waals surface area contributed by atoms with Gasteiger partial charge in [0.05, 0.1) is 0 Å². The molecule has 1 aliphatic rings. The maximum absolute atomic E-state index is 12.5. The third-order valence-electron chi connectivity index (χ3n) is 5.05. The fourth-order valence-corrected chi connectivity index (χ4v) is 3.49. The normalized spacial score (nSPS) is 21.1. The van der Waals surface area contributed by atoms with Crippen molar-refractivity contribution in [2.75, 3.05) is 0 Å². The zero-order valence-electron chi connectivity index (χ0n) is 17.7. The van der Waals surface area contributed by atoms with Crippen molar-refractivity contribution >= 4 is 18.0 Å². The lowest BCUT2D eigenvalue weighted by atomic mass is 9.86. The lowest BCUT2D eigenvalue weighted by molar-refractivity contribution is -0.155. The molecule has 3 rings (SSSR count). The van der Waals surface area contributed by atoms with Gasteiger partial charge < -0.3 is 14.8 Å². The van der Waals surface area contributed by atoms with Crippen LogP contribution in [0.25, 0.3) is 11.1 Å². The number of carbonyl (C=O) groups excluding carboxylic acids is 3. The van der Waals surface area contributed by atoms with Crippen molar-refractivity contribution in [3.63, 3.8) is 0 Å². The number of rotatable bonds is 4. The van der Waals surface area contributed by atoms with Gasteiger partial charge in [-0.2, -0.15) is 0 Å². The molecule has 1 aliphatic heterocycles. The van der Waals surface area contributed by atoms with Crippen molar-refractivity contribution in [1.82, 2.24) is 5.32 Å². The predicted molar refractivity (Wildman–Crippen MR) is 113 cm³/mol. The lowest BCUT2D eigenvalue weighted by Gasteiger charge is -2.21. The number of nitrogens with one attached hydrogen (secondary N) is 1. The molecule has 0 aromatic heterocycles. The fourth-order valence-electron chi connectivity index (χ4n) is 3.49. The second kappa shape index (κ2) is 8.30. The van der Waals surface area contributed by atoms with E-state index < -0.39 is 29.0 Å². The molecule has 2 unspecified atom stereocenters. The number of esters is 1. The van der Waals surface area contributed by atoms with Crippen LogP contribution >= 0.6 is 0 Å². The van der Waals surface area contributed by atoms with Crippen molar-refractivity contribution in [2.24, 2.45) is 5.41 Å². The Balaban J connectivity index is 1.62. The van der Waals surface area contributed by atoms with E-state index in [2.05, 4.69) is 5.32 Å². The van der Waals surface area contributed by atoms with E-state index in [-0.39, 0.29) is 12.5 Å². The van der Waals surface area contributed by atoms with Gasteiger partial charge in [0.25, 0.3) is 0 Å². The number of hydrogen-bond donors (Lipinski definition) is 1.